The van der Waals surface area contributed by atoms with Gasteiger partial charge < -0.3 is 15.3 Å². The van der Waals surface area contributed by atoms with Crippen molar-refractivity contribution in [1.82, 2.24) is 30.5 Å². The summed E-state index contributed by atoms with van der Waals surface area (Å²) in [5.41, 5.74) is 3.57. The highest BCUT2D eigenvalue weighted by molar-refractivity contribution is 5.85. The van der Waals surface area contributed by atoms with E-state index in [4.69, 9.17) is 0 Å². The molecular formula is C21H27Cl2N7O. The van der Waals surface area contributed by atoms with E-state index >= 15 is 0 Å². The number of nitrogens with zero attached hydrogens (tertiary/aromatic N) is 6. The minimum atomic E-state index is 0. The third kappa shape index (κ3) is 5.58. The zero-order valence-corrected chi connectivity index (χ0v) is 19.3. The van der Waals surface area contributed by atoms with Gasteiger partial charge in [0.1, 0.15) is 17.8 Å². The Bertz CT molecular complexity index is 1000. The first-order valence-electron chi connectivity index (χ1n) is 9.81. The average Bonchev–Trinajstić information content (AvgIpc) is 2.74. The van der Waals surface area contributed by atoms with Gasteiger partial charge in [0.05, 0.1) is 11.9 Å². The molecule has 1 aliphatic rings. The van der Waals surface area contributed by atoms with E-state index in [1.165, 1.54) is 6.33 Å². The van der Waals surface area contributed by atoms with Crippen LogP contribution in [0.25, 0.3) is 22.5 Å². The molecule has 1 aliphatic heterocycles. The number of phenols is 1. The molecule has 0 aliphatic carbocycles. The lowest BCUT2D eigenvalue weighted by molar-refractivity contribution is 0.365. The lowest BCUT2D eigenvalue weighted by atomic mass is 10.0. The van der Waals surface area contributed by atoms with Crippen LogP contribution in [0.4, 0.5) is 5.95 Å². The molecule has 2 N–H and O–H groups in total. The van der Waals surface area contributed by atoms with Crippen LogP contribution >= 0.6 is 24.8 Å². The Hall–Kier alpha value is -2.55. The molecule has 166 valence electrons. The van der Waals surface area contributed by atoms with Gasteiger partial charge in [-0.3, -0.25) is 0 Å². The molecule has 8 nitrogen and oxygen atoms in total. The number of halogens is 2. The minimum Gasteiger partial charge on any atom is -0.507 e. The molecule has 1 atom stereocenters. The first-order chi connectivity index (χ1) is 14.0. The number of rotatable bonds is 4. The van der Waals surface area contributed by atoms with Gasteiger partial charge in [0, 0.05) is 42.5 Å². The van der Waals surface area contributed by atoms with Crippen molar-refractivity contribution >= 4 is 30.8 Å². The zero-order valence-electron chi connectivity index (χ0n) is 17.7. The molecule has 31 heavy (non-hydrogen) atoms. The Morgan fingerprint density at radius 1 is 1.06 bits per heavy atom. The molecule has 3 aromatic rings. The van der Waals surface area contributed by atoms with Crippen LogP contribution in [-0.2, 0) is 0 Å². The highest BCUT2D eigenvalue weighted by Crippen LogP contribution is 2.31. The van der Waals surface area contributed by atoms with E-state index in [2.05, 4.69) is 49.2 Å². The summed E-state index contributed by atoms with van der Waals surface area (Å²) in [6.07, 6.45) is 3.18. The number of nitrogens with one attached hydrogen (secondary N) is 1. The Morgan fingerprint density at radius 2 is 1.87 bits per heavy atom. The lowest BCUT2D eigenvalue weighted by Crippen LogP contribution is -2.53. The fraction of sp³-hybridized carbons (Fsp3) is 0.381. The van der Waals surface area contributed by atoms with Crippen molar-refractivity contribution in [2.75, 3.05) is 24.5 Å². The predicted molar refractivity (Wildman–Crippen MR) is 126 cm³/mol. The van der Waals surface area contributed by atoms with E-state index in [-0.39, 0.29) is 30.6 Å². The van der Waals surface area contributed by atoms with Crippen LogP contribution in [0.15, 0.2) is 36.8 Å². The topological polar surface area (TPSA) is 100.0 Å². The molecule has 3 heterocycles. The summed E-state index contributed by atoms with van der Waals surface area (Å²) in [6, 6.07) is 7.68. The summed E-state index contributed by atoms with van der Waals surface area (Å²) in [6.45, 7) is 8.93. The molecule has 1 saturated heterocycles. The molecule has 0 radical (unpaired) electrons. The Balaban J connectivity index is 0.00000171. The van der Waals surface area contributed by atoms with Crippen LogP contribution in [0.2, 0.25) is 0 Å². The van der Waals surface area contributed by atoms with E-state index in [1.54, 1.807) is 12.3 Å². The Labute approximate surface area is 194 Å². The molecule has 1 aromatic carbocycles. The number of hydrogen-bond acceptors (Lipinski definition) is 8. The quantitative estimate of drug-likeness (QED) is 0.607. The molecule has 0 amide bonds. The molecule has 0 bridgehead atoms. The summed E-state index contributed by atoms with van der Waals surface area (Å²) in [5.74, 6) is 1.28. The third-order valence-corrected chi connectivity index (χ3v) is 5.22. The monoisotopic (exact) mass is 463 g/mol. The summed E-state index contributed by atoms with van der Waals surface area (Å²) in [7, 11) is 0. The predicted octanol–water partition coefficient (Wildman–Crippen LogP) is 3.29. The van der Waals surface area contributed by atoms with Crippen LogP contribution in [-0.4, -0.2) is 55.9 Å². The van der Waals surface area contributed by atoms with E-state index in [0.717, 1.165) is 36.6 Å². The Kier molecular flexibility index (Phi) is 8.50. The summed E-state index contributed by atoms with van der Waals surface area (Å²) in [5, 5.41) is 22.7. The van der Waals surface area contributed by atoms with E-state index in [0.29, 0.717) is 29.2 Å². The molecule has 2 aromatic heterocycles. The van der Waals surface area contributed by atoms with Crippen LogP contribution in [0.1, 0.15) is 19.5 Å². The van der Waals surface area contributed by atoms with Crippen LogP contribution in [0.5, 0.6) is 5.75 Å². The number of anilines is 1. The fourth-order valence-electron chi connectivity index (χ4n) is 3.46. The van der Waals surface area contributed by atoms with Crippen LogP contribution in [0.3, 0.4) is 0 Å². The second-order valence-corrected chi connectivity index (χ2v) is 7.67. The summed E-state index contributed by atoms with van der Waals surface area (Å²) < 4.78 is 0. The molecule has 4 rings (SSSR count). The van der Waals surface area contributed by atoms with Gasteiger partial charge in [-0.05, 0) is 31.0 Å². The number of benzene rings is 1. The van der Waals surface area contributed by atoms with Gasteiger partial charge in [-0.15, -0.1) is 35.0 Å². The number of piperazine rings is 1. The van der Waals surface area contributed by atoms with Gasteiger partial charge in [-0.2, -0.15) is 0 Å². The summed E-state index contributed by atoms with van der Waals surface area (Å²) >= 11 is 0. The van der Waals surface area contributed by atoms with Crippen molar-refractivity contribution in [3.8, 4) is 28.3 Å². The van der Waals surface area contributed by atoms with E-state index in [9.17, 15) is 5.11 Å². The van der Waals surface area contributed by atoms with Gasteiger partial charge in [-0.1, -0.05) is 19.9 Å². The normalized spacial score (nSPS) is 15.9. The maximum atomic E-state index is 10.5. The van der Waals surface area contributed by atoms with Gasteiger partial charge in [-0.25, -0.2) is 15.0 Å². The van der Waals surface area contributed by atoms with Crippen molar-refractivity contribution in [2.45, 2.75) is 26.8 Å². The maximum absolute atomic E-state index is 10.5. The maximum Gasteiger partial charge on any atom is 0.245 e. The molecule has 10 heteroatoms. The highest BCUT2D eigenvalue weighted by Gasteiger charge is 2.23. The summed E-state index contributed by atoms with van der Waals surface area (Å²) in [4.78, 5) is 15.0. The van der Waals surface area contributed by atoms with E-state index in [1.807, 2.05) is 25.1 Å². The second kappa shape index (κ2) is 10.7. The fourth-order valence-corrected chi connectivity index (χ4v) is 3.46. The first-order valence-corrected chi connectivity index (χ1v) is 9.81. The van der Waals surface area contributed by atoms with Crippen LogP contribution in [0, 0.1) is 12.8 Å². The van der Waals surface area contributed by atoms with Crippen molar-refractivity contribution < 1.29 is 5.11 Å². The van der Waals surface area contributed by atoms with Gasteiger partial charge in [0.15, 0.2) is 0 Å². The largest absolute Gasteiger partial charge is 0.507 e. The standard InChI is InChI=1S/C21H25N7O.2ClH/c1-13(2)19-11-28(7-6-22-19)21-23-10-18(26-27-21)16-5-4-15(9-20(16)29)17-8-14(3)24-12-25-17;;/h4-5,8-10,12-13,19,22,29H,6-7,11H2,1-3H3;2*1H. The number of phenolic OH excluding ortho intramolecular Hbond substituents is 1. The molecule has 1 fully saturated rings. The average molecular weight is 464 g/mol. The lowest BCUT2D eigenvalue weighted by Gasteiger charge is -2.35. The third-order valence-electron chi connectivity index (χ3n) is 5.22. The van der Waals surface area contributed by atoms with Crippen molar-refractivity contribution in [3.63, 3.8) is 0 Å². The van der Waals surface area contributed by atoms with Crippen LogP contribution < -0.4 is 10.2 Å². The van der Waals surface area contributed by atoms with Gasteiger partial charge in [0.2, 0.25) is 5.95 Å². The van der Waals surface area contributed by atoms with Gasteiger partial charge >= 0.3 is 0 Å². The zero-order chi connectivity index (χ0) is 20.4. The molecular weight excluding hydrogens is 437 g/mol. The first kappa shape index (κ1) is 24.7. The molecule has 0 saturated carbocycles. The second-order valence-electron chi connectivity index (χ2n) is 7.67. The SMILES string of the molecule is Cc1cc(-c2ccc(-c3cnc(N4CCNC(C(C)C)C4)nn3)c(O)c2)ncn1.Cl.Cl. The molecule has 0 spiro atoms. The smallest absolute Gasteiger partial charge is 0.245 e. The number of aromatic nitrogens is 5. The molecule has 1 unspecified atom stereocenters. The highest BCUT2D eigenvalue weighted by atomic mass is 35.5. The number of aromatic hydroxyl groups is 1. The van der Waals surface area contributed by atoms with E-state index < -0.39 is 0 Å². The minimum absolute atomic E-state index is 0. The van der Waals surface area contributed by atoms with Crippen molar-refractivity contribution in [3.05, 3.63) is 42.5 Å². The van der Waals surface area contributed by atoms with Crippen molar-refractivity contribution in [1.29, 1.82) is 0 Å². The number of hydrogen-bond donors (Lipinski definition) is 2. The van der Waals surface area contributed by atoms with Crippen molar-refractivity contribution in [2.24, 2.45) is 5.92 Å². The number of aryl methyl sites for hydroxylation is 1. The Morgan fingerprint density at radius 3 is 2.52 bits per heavy atom. The van der Waals surface area contributed by atoms with Gasteiger partial charge in [0.25, 0.3) is 0 Å².